The molecule has 2 aromatic carbocycles. The number of pyridine rings is 1. The van der Waals surface area contributed by atoms with E-state index in [1.807, 2.05) is 0 Å². The monoisotopic (exact) mass is 504 g/mol. The molecule has 0 aliphatic heterocycles. The van der Waals surface area contributed by atoms with Crippen molar-refractivity contribution in [1.29, 1.82) is 0 Å². The van der Waals surface area contributed by atoms with Crippen LogP contribution in [0.4, 0.5) is 17.1 Å². The van der Waals surface area contributed by atoms with E-state index in [1.54, 1.807) is 36.4 Å². The second-order valence-electron chi connectivity index (χ2n) is 7.29. The van der Waals surface area contributed by atoms with E-state index in [-0.39, 0.29) is 4.90 Å². The number of hydrogen-bond donors (Lipinski definition) is 2. The largest absolute Gasteiger partial charge is 0.497 e. The van der Waals surface area contributed by atoms with E-state index in [0.717, 1.165) is 10.6 Å². The van der Waals surface area contributed by atoms with E-state index in [0.29, 0.717) is 22.8 Å². The Hall–Kier alpha value is -3.64. The van der Waals surface area contributed by atoms with E-state index in [4.69, 9.17) is 4.74 Å². The van der Waals surface area contributed by atoms with Crippen LogP contribution < -0.4 is 19.1 Å². The fourth-order valence-electron chi connectivity index (χ4n) is 3.14. The molecular formula is C22H24N4O6S2. The molecule has 0 saturated heterocycles. The summed E-state index contributed by atoms with van der Waals surface area (Å²) in [6, 6.07) is 13.8. The van der Waals surface area contributed by atoms with E-state index in [9.17, 15) is 21.6 Å². The van der Waals surface area contributed by atoms with Crippen LogP contribution in [0, 0.1) is 0 Å². The molecule has 0 unspecified atom stereocenters. The highest BCUT2D eigenvalue weighted by Gasteiger charge is 2.29. The Morgan fingerprint density at radius 1 is 0.971 bits per heavy atom. The van der Waals surface area contributed by atoms with Gasteiger partial charge in [0.2, 0.25) is 15.9 Å². The summed E-state index contributed by atoms with van der Waals surface area (Å²) in [7, 11) is -6.15. The van der Waals surface area contributed by atoms with Crippen molar-refractivity contribution in [1.82, 2.24) is 4.98 Å². The van der Waals surface area contributed by atoms with E-state index in [2.05, 4.69) is 15.0 Å². The molecule has 0 saturated carbocycles. The molecule has 0 bridgehead atoms. The highest BCUT2D eigenvalue weighted by atomic mass is 32.2. The van der Waals surface area contributed by atoms with Crippen molar-refractivity contribution in [3.05, 3.63) is 73.1 Å². The molecule has 0 spiro atoms. The van der Waals surface area contributed by atoms with Crippen LogP contribution in [-0.2, 0) is 24.8 Å². The summed E-state index contributed by atoms with van der Waals surface area (Å²) in [6.45, 7) is 1.46. The first-order valence-corrected chi connectivity index (χ1v) is 13.3. The minimum absolute atomic E-state index is 0.0154. The summed E-state index contributed by atoms with van der Waals surface area (Å²) < 4.78 is 58.4. The van der Waals surface area contributed by atoms with Gasteiger partial charge in [0.25, 0.3) is 10.0 Å². The van der Waals surface area contributed by atoms with Crippen molar-refractivity contribution in [2.24, 2.45) is 0 Å². The number of methoxy groups -OCH3 is 1. The van der Waals surface area contributed by atoms with Gasteiger partial charge in [-0.2, -0.15) is 0 Å². The summed E-state index contributed by atoms with van der Waals surface area (Å²) in [6.07, 6.45) is 3.91. The number of rotatable bonds is 9. The molecular weight excluding hydrogens is 480 g/mol. The lowest BCUT2D eigenvalue weighted by atomic mass is 10.2. The van der Waals surface area contributed by atoms with E-state index < -0.39 is 32.0 Å². The molecule has 10 nitrogen and oxygen atoms in total. The second kappa shape index (κ2) is 10.1. The van der Waals surface area contributed by atoms with Gasteiger partial charge in [0, 0.05) is 11.9 Å². The molecule has 0 fully saturated rings. The maximum Gasteiger partial charge on any atom is 0.261 e. The lowest BCUT2D eigenvalue weighted by molar-refractivity contribution is -0.116. The lowest BCUT2D eigenvalue weighted by Crippen LogP contribution is -2.45. The molecule has 1 atom stereocenters. The predicted molar refractivity (Wildman–Crippen MR) is 130 cm³/mol. The minimum Gasteiger partial charge on any atom is -0.497 e. The summed E-state index contributed by atoms with van der Waals surface area (Å²) >= 11 is 0. The molecule has 180 valence electrons. The van der Waals surface area contributed by atoms with Gasteiger partial charge in [0.05, 0.1) is 35.8 Å². The Labute approximate surface area is 198 Å². The molecule has 1 heterocycles. The maximum atomic E-state index is 12.8. The average molecular weight is 505 g/mol. The first kappa shape index (κ1) is 25.0. The Bertz CT molecular complexity index is 1340. The number of hydrogen-bond acceptors (Lipinski definition) is 7. The standard InChI is InChI=1S/C22H24N4O6S2/c1-16(26(33(3,28)29)19-8-10-20(32-2)11-9-19)22(27)24-17-6-12-21(13-7-17)34(30,31)25-18-5-4-14-23-15-18/h4-16,25H,1-3H3,(H,24,27)/t16-/m1/s1. The van der Waals surface area contributed by atoms with Crippen LogP contribution in [0.3, 0.4) is 0 Å². The van der Waals surface area contributed by atoms with E-state index >= 15 is 0 Å². The van der Waals surface area contributed by atoms with E-state index in [1.165, 1.54) is 50.7 Å². The Kier molecular flexibility index (Phi) is 7.42. The van der Waals surface area contributed by atoms with Gasteiger partial charge in [-0.05, 0) is 67.6 Å². The fourth-order valence-corrected chi connectivity index (χ4v) is 5.36. The van der Waals surface area contributed by atoms with Gasteiger partial charge in [0.15, 0.2) is 0 Å². The smallest absolute Gasteiger partial charge is 0.261 e. The number of ether oxygens (including phenoxy) is 1. The van der Waals surface area contributed by atoms with Crippen molar-refractivity contribution in [3.63, 3.8) is 0 Å². The molecule has 12 heteroatoms. The lowest BCUT2D eigenvalue weighted by Gasteiger charge is -2.28. The summed E-state index contributed by atoms with van der Waals surface area (Å²) in [4.78, 5) is 16.7. The number of nitrogens with zero attached hydrogens (tertiary/aromatic N) is 2. The molecule has 1 amide bonds. The summed E-state index contributed by atoms with van der Waals surface area (Å²) in [5.74, 6) is -0.0484. The quantitative estimate of drug-likeness (QED) is 0.457. The van der Waals surface area contributed by atoms with Crippen molar-refractivity contribution >= 4 is 43.0 Å². The third-order valence-electron chi connectivity index (χ3n) is 4.76. The van der Waals surface area contributed by atoms with Gasteiger partial charge < -0.3 is 10.1 Å². The number of anilines is 3. The molecule has 0 radical (unpaired) electrons. The molecule has 2 N–H and O–H groups in total. The third kappa shape index (κ3) is 6.02. The molecule has 3 aromatic rings. The molecule has 3 rings (SSSR count). The van der Waals surface area contributed by atoms with Crippen LogP contribution in [0.5, 0.6) is 5.75 Å². The minimum atomic E-state index is -3.85. The van der Waals surface area contributed by atoms with Crippen LogP contribution in [0.1, 0.15) is 6.92 Å². The number of nitrogens with one attached hydrogen (secondary N) is 2. The van der Waals surface area contributed by atoms with Crippen molar-refractivity contribution in [3.8, 4) is 5.75 Å². The molecule has 34 heavy (non-hydrogen) atoms. The van der Waals surface area contributed by atoms with Crippen LogP contribution in [0.2, 0.25) is 0 Å². The van der Waals surface area contributed by atoms with Crippen LogP contribution >= 0.6 is 0 Å². The Morgan fingerprint density at radius 2 is 1.62 bits per heavy atom. The highest BCUT2D eigenvalue weighted by molar-refractivity contribution is 7.92. The number of amides is 1. The zero-order chi connectivity index (χ0) is 24.9. The number of benzene rings is 2. The van der Waals surface area contributed by atoms with Crippen molar-refractivity contribution < 1.29 is 26.4 Å². The molecule has 0 aliphatic rings. The Balaban J connectivity index is 1.75. The number of carbonyl (C=O) groups is 1. The third-order valence-corrected chi connectivity index (χ3v) is 7.40. The topological polar surface area (TPSA) is 135 Å². The number of carbonyl (C=O) groups excluding carboxylic acids is 1. The first-order valence-electron chi connectivity index (χ1n) is 9.98. The molecule has 1 aromatic heterocycles. The number of aromatic nitrogens is 1. The average Bonchev–Trinajstić information content (AvgIpc) is 2.79. The molecule has 0 aliphatic carbocycles. The SMILES string of the molecule is COc1ccc(N([C@H](C)C(=O)Nc2ccc(S(=O)(=O)Nc3cccnc3)cc2)S(C)(=O)=O)cc1. The summed E-state index contributed by atoms with van der Waals surface area (Å²) in [5, 5.41) is 2.62. The first-order chi connectivity index (χ1) is 16.0. The van der Waals surface area contributed by atoms with Crippen molar-refractivity contribution in [2.75, 3.05) is 27.7 Å². The van der Waals surface area contributed by atoms with Gasteiger partial charge >= 0.3 is 0 Å². The van der Waals surface area contributed by atoms with Crippen LogP contribution in [0.15, 0.2) is 78.0 Å². The fraction of sp³-hybridized carbons (Fsp3) is 0.182. The second-order valence-corrected chi connectivity index (χ2v) is 10.8. The highest BCUT2D eigenvalue weighted by Crippen LogP contribution is 2.25. The normalized spacial score (nSPS) is 12.4. The van der Waals surface area contributed by atoms with Crippen LogP contribution in [0.25, 0.3) is 0 Å². The van der Waals surface area contributed by atoms with Gasteiger partial charge in [0.1, 0.15) is 11.8 Å². The predicted octanol–water partition coefficient (Wildman–Crippen LogP) is 2.68. The van der Waals surface area contributed by atoms with Gasteiger partial charge in [-0.1, -0.05) is 0 Å². The van der Waals surface area contributed by atoms with Crippen molar-refractivity contribution in [2.45, 2.75) is 17.9 Å². The van der Waals surface area contributed by atoms with Gasteiger partial charge in [-0.25, -0.2) is 16.8 Å². The zero-order valence-electron chi connectivity index (χ0n) is 18.7. The number of sulfonamides is 2. The van der Waals surface area contributed by atoms with Gasteiger partial charge in [-0.3, -0.25) is 18.8 Å². The summed E-state index contributed by atoms with van der Waals surface area (Å²) in [5.41, 5.74) is 0.919. The van der Waals surface area contributed by atoms with Crippen LogP contribution in [-0.4, -0.2) is 47.1 Å². The maximum absolute atomic E-state index is 12.8. The van der Waals surface area contributed by atoms with Gasteiger partial charge in [-0.15, -0.1) is 0 Å². The zero-order valence-corrected chi connectivity index (χ0v) is 20.3. The Morgan fingerprint density at radius 3 is 2.15 bits per heavy atom.